The summed E-state index contributed by atoms with van der Waals surface area (Å²) in [6.07, 6.45) is 13.8. The number of imidazole rings is 1. The fourth-order valence-corrected chi connectivity index (χ4v) is 9.16. The van der Waals surface area contributed by atoms with Crippen LogP contribution in [0, 0.1) is 47.3 Å². The predicted octanol–water partition coefficient (Wildman–Crippen LogP) is 4.80. The Bertz CT molecular complexity index is 863. The van der Waals surface area contributed by atoms with E-state index in [-0.39, 0.29) is 16.7 Å². The zero-order valence-electron chi connectivity index (χ0n) is 20.5. The third-order valence-corrected chi connectivity index (χ3v) is 10.6. The van der Waals surface area contributed by atoms with Crippen molar-refractivity contribution in [3.63, 3.8) is 0 Å². The zero-order valence-corrected chi connectivity index (χ0v) is 20.5. The lowest BCUT2D eigenvalue weighted by atomic mass is 9.43. The van der Waals surface area contributed by atoms with Gasteiger partial charge in [0, 0.05) is 19.2 Å². The maximum atomic E-state index is 13.4. The summed E-state index contributed by atoms with van der Waals surface area (Å²) < 4.78 is 7.84. The largest absolute Gasteiger partial charge is 0.390 e. The minimum Gasteiger partial charge on any atom is -0.390 e. The summed E-state index contributed by atoms with van der Waals surface area (Å²) >= 11 is 0. The van der Waals surface area contributed by atoms with Crippen LogP contribution < -0.4 is 0 Å². The van der Waals surface area contributed by atoms with E-state index in [1.807, 2.05) is 31.7 Å². The molecule has 178 valence electrons. The Morgan fingerprint density at radius 3 is 2.69 bits per heavy atom. The number of aliphatic hydroxyl groups is 1. The number of carbonyl (C=O) groups is 1. The molecule has 1 N–H and O–H groups in total. The first kappa shape index (κ1) is 22.6. The molecule has 5 nitrogen and oxygen atoms in total. The van der Waals surface area contributed by atoms with Crippen LogP contribution in [0.25, 0.3) is 0 Å². The summed E-state index contributed by atoms with van der Waals surface area (Å²) in [6, 6.07) is 0. The van der Waals surface area contributed by atoms with E-state index in [9.17, 15) is 9.90 Å². The highest BCUT2D eigenvalue weighted by Crippen LogP contribution is 2.68. The van der Waals surface area contributed by atoms with Gasteiger partial charge in [-0.3, -0.25) is 4.79 Å². The van der Waals surface area contributed by atoms with Gasteiger partial charge in [0.1, 0.15) is 0 Å². The van der Waals surface area contributed by atoms with Gasteiger partial charge in [-0.1, -0.05) is 6.92 Å². The number of nitrogens with zero attached hydrogens (tertiary/aromatic N) is 2. The molecule has 1 heterocycles. The number of fused-ring (bicyclic) bond motifs is 5. The molecule has 0 spiro atoms. The molecule has 0 amide bonds. The summed E-state index contributed by atoms with van der Waals surface area (Å²) in [5, 5.41) is 10.8. The van der Waals surface area contributed by atoms with Crippen molar-refractivity contribution in [1.29, 1.82) is 0 Å². The number of carbonyl (C=O) groups excluding carboxylic acids is 1. The number of aryl methyl sites for hydroxylation is 1. The monoisotopic (exact) mass is 442 g/mol. The molecule has 0 radical (unpaired) electrons. The van der Waals surface area contributed by atoms with Crippen LogP contribution in [0.1, 0.15) is 77.3 Å². The van der Waals surface area contributed by atoms with Crippen molar-refractivity contribution in [2.24, 2.45) is 40.4 Å². The molecule has 1 aromatic heterocycles. The zero-order chi connectivity index (χ0) is 22.7. The average Bonchev–Trinajstić information content (AvgIpc) is 3.30. The minimum absolute atomic E-state index is 0.134. The van der Waals surface area contributed by atoms with E-state index in [4.69, 9.17) is 4.74 Å². The molecule has 0 saturated heterocycles. The molecular formula is C27H42N2O3. The molecule has 32 heavy (non-hydrogen) atoms. The molecule has 0 aliphatic heterocycles. The lowest BCUT2D eigenvalue weighted by molar-refractivity contribution is -0.175. The molecule has 4 aliphatic rings. The summed E-state index contributed by atoms with van der Waals surface area (Å²) in [6.45, 7) is 7.74. The second-order valence-electron chi connectivity index (χ2n) is 12.3. The first-order chi connectivity index (χ1) is 15.2. The Morgan fingerprint density at radius 2 is 1.97 bits per heavy atom. The minimum atomic E-state index is -0.519. The van der Waals surface area contributed by atoms with E-state index in [1.165, 1.54) is 25.7 Å². The van der Waals surface area contributed by atoms with Crippen LogP contribution in [-0.4, -0.2) is 39.8 Å². The van der Waals surface area contributed by atoms with Gasteiger partial charge in [0.15, 0.2) is 5.78 Å². The summed E-state index contributed by atoms with van der Waals surface area (Å²) in [4.78, 5) is 17.7. The number of Topliss-reactive ketones (excluding diaryl/α,β-unsaturated/α-hetero) is 1. The van der Waals surface area contributed by atoms with Crippen LogP contribution in [0.3, 0.4) is 0 Å². The molecule has 1 aromatic rings. The molecule has 0 bridgehead atoms. The lowest BCUT2D eigenvalue weighted by Crippen LogP contribution is -2.58. The van der Waals surface area contributed by atoms with Gasteiger partial charge in [-0.15, -0.1) is 0 Å². The van der Waals surface area contributed by atoms with Crippen LogP contribution in [0.15, 0.2) is 12.5 Å². The predicted molar refractivity (Wildman–Crippen MR) is 124 cm³/mol. The van der Waals surface area contributed by atoms with Gasteiger partial charge in [0.25, 0.3) is 0 Å². The second-order valence-corrected chi connectivity index (χ2v) is 12.3. The van der Waals surface area contributed by atoms with Crippen LogP contribution in [0.4, 0.5) is 0 Å². The van der Waals surface area contributed by atoms with E-state index >= 15 is 0 Å². The molecule has 0 aromatic carbocycles. The Morgan fingerprint density at radius 1 is 1.16 bits per heavy atom. The quantitative estimate of drug-likeness (QED) is 0.712. The van der Waals surface area contributed by atoms with Gasteiger partial charge in [0.2, 0.25) is 0 Å². The highest BCUT2D eigenvalue weighted by molar-refractivity contribution is 5.82. The lowest BCUT2D eigenvalue weighted by Gasteiger charge is -2.62. The number of ether oxygens (including phenoxy) is 1. The summed E-state index contributed by atoms with van der Waals surface area (Å²) in [5.41, 5.74) is 0.807. The van der Waals surface area contributed by atoms with Crippen molar-refractivity contribution < 1.29 is 14.6 Å². The third-order valence-electron chi connectivity index (χ3n) is 10.6. The van der Waals surface area contributed by atoms with Gasteiger partial charge in [0.05, 0.1) is 30.8 Å². The Hall–Kier alpha value is -1.20. The SMILES string of the molecule is COCC12CCC(C)(O)CC1CCC1C3CCC(C(=O)Cn4cnc(C)c4)C3(C)CCC12. The van der Waals surface area contributed by atoms with Crippen LogP contribution in [0.5, 0.6) is 0 Å². The van der Waals surface area contributed by atoms with Crippen molar-refractivity contribution in [2.45, 2.75) is 90.7 Å². The number of hydrogen-bond donors (Lipinski definition) is 1. The average molecular weight is 443 g/mol. The van der Waals surface area contributed by atoms with E-state index in [0.29, 0.717) is 36.0 Å². The Kier molecular flexibility index (Phi) is 5.60. The van der Waals surface area contributed by atoms with Crippen molar-refractivity contribution in [2.75, 3.05) is 13.7 Å². The number of ketones is 1. The normalized spacial score (nSPS) is 45.7. The van der Waals surface area contributed by atoms with Gasteiger partial charge in [-0.05, 0) is 106 Å². The first-order valence-corrected chi connectivity index (χ1v) is 12.9. The fourth-order valence-electron chi connectivity index (χ4n) is 9.16. The van der Waals surface area contributed by atoms with E-state index < -0.39 is 5.60 Å². The van der Waals surface area contributed by atoms with Crippen LogP contribution in [-0.2, 0) is 16.1 Å². The number of methoxy groups -OCH3 is 1. The highest BCUT2D eigenvalue weighted by atomic mass is 16.5. The van der Waals surface area contributed by atoms with Crippen molar-refractivity contribution >= 4 is 5.78 Å². The van der Waals surface area contributed by atoms with Crippen LogP contribution >= 0.6 is 0 Å². The Labute approximate surface area is 193 Å². The van der Waals surface area contributed by atoms with Gasteiger partial charge < -0.3 is 14.4 Å². The number of aromatic nitrogens is 2. The van der Waals surface area contributed by atoms with Crippen LogP contribution in [0.2, 0.25) is 0 Å². The Balaban J connectivity index is 1.37. The van der Waals surface area contributed by atoms with E-state index in [2.05, 4.69) is 11.9 Å². The van der Waals surface area contributed by atoms with Gasteiger partial charge >= 0.3 is 0 Å². The highest BCUT2D eigenvalue weighted by Gasteiger charge is 2.63. The van der Waals surface area contributed by atoms with E-state index in [0.717, 1.165) is 44.4 Å². The van der Waals surface area contributed by atoms with Crippen molar-refractivity contribution in [1.82, 2.24) is 9.55 Å². The third kappa shape index (κ3) is 3.50. The standard InChI is InChI=1S/C27H42N2O3/c1-18-14-29(17-28-18)15-24(30)23-8-7-21-20-6-5-19-13-25(2,31)11-12-27(19,16-32-4)22(20)9-10-26(21,23)3/h14,17,19-23,31H,5-13,15-16H2,1-4H3. The molecule has 5 heteroatoms. The molecule has 8 atom stereocenters. The van der Waals surface area contributed by atoms with E-state index in [1.54, 1.807) is 6.33 Å². The molecule has 4 saturated carbocycles. The van der Waals surface area contributed by atoms with Gasteiger partial charge in [-0.25, -0.2) is 4.98 Å². The molecule has 4 aliphatic carbocycles. The summed E-state index contributed by atoms with van der Waals surface area (Å²) in [7, 11) is 1.86. The maximum Gasteiger partial charge on any atom is 0.156 e. The topological polar surface area (TPSA) is 64.3 Å². The maximum absolute atomic E-state index is 13.4. The smallest absolute Gasteiger partial charge is 0.156 e. The van der Waals surface area contributed by atoms with Gasteiger partial charge in [-0.2, -0.15) is 0 Å². The van der Waals surface area contributed by atoms with Crippen molar-refractivity contribution in [3.8, 4) is 0 Å². The first-order valence-electron chi connectivity index (χ1n) is 12.9. The molecular weight excluding hydrogens is 400 g/mol. The summed E-state index contributed by atoms with van der Waals surface area (Å²) in [5.74, 6) is 3.19. The van der Waals surface area contributed by atoms with Crippen molar-refractivity contribution in [3.05, 3.63) is 18.2 Å². The molecule has 4 fully saturated rings. The molecule has 5 rings (SSSR count). The molecule has 8 unspecified atom stereocenters. The second kappa shape index (κ2) is 7.94. The fraction of sp³-hybridized carbons (Fsp3) is 0.852. The number of hydrogen-bond acceptors (Lipinski definition) is 4. The number of rotatable bonds is 5.